The van der Waals surface area contributed by atoms with Crippen molar-refractivity contribution < 1.29 is 18.7 Å². The van der Waals surface area contributed by atoms with Crippen LogP contribution in [-0.2, 0) is 11.3 Å². The predicted octanol–water partition coefficient (Wildman–Crippen LogP) is 2.17. The highest BCUT2D eigenvalue weighted by molar-refractivity contribution is 5.87. The number of benzene rings is 1. The molecule has 0 aliphatic rings. The number of esters is 1. The Hall–Kier alpha value is -2.37. The van der Waals surface area contributed by atoms with E-state index < -0.39 is 11.8 Å². The second kappa shape index (κ2) is 5.73. The van der Waals surface area contributed by atoms with Crippen LogP contribution in [0.1, 0.15) is 21.9 Å². The van der Waals surface area contributed by atoms with E-state index in [-0.39, 0.29) is 5.75 Å². The first-order valence-electron chi connectivity index (χ1n) is 5.99. The van der Waals surface area contributed by atoms with E-state index in [1.165, 1.54) is 26.5 Å². The van der Waals surface area contributed by atoms with E-state index in [1.54, 1.807) is 23.6 Å². The normalized spacial score (nSPS) is 10.4. The fraction of sp³-hybridized carbons (Fsp3) is 0.286. The number of hydrogen-bond donors (Lipinski definition) is 0. The number of ether oxygens (including phenoxy) is 2. The largest absolute Gasteiger partial charge is 0.494 e. The average molecular weight is 278 g/mol. The first kappa shape index (κ1) is 14.0. The van der Waals surface area contributed by atoms with Crippen molar-refractivity contribution in [2.75, 3.05) is 14.2 Å². The number of carbonyl (C=O) groups excluding carboxylic acids is 1. The molecular weight excluding hydrogens is 263 g/mol. The molecule has 1 aromatic carbocycles. The average Bonchev–Trinajstić information content (AvgIpc) is 2.80. The molecule has 1 aromatic heterocycles. The van der Waals surface area contributed by atoms with E-state index in [4.69, 9.17) is 9.47 Å². The second-order valence-electron chi connectivity index (χ2n) is 4.24. The lowest BCUT2D eigenvalue weighted by atomic mass is 10.2. The van der Waals surface area contributed by atoms with Crippen molar-refractivity contribution >= 4 is 5.97 Å². The molecule has 0 bridgehead atoms. The number of methoxy groups -OCH3 is 2. The number of halogens is 1. The summed E-state index contributed by atoms with van der Waals surface area (Å²) in [5, 5.41) is 0. The minimum Gasteiger partial charge on any atom is -0.494 e. The Balaban J connectivity index is 2.32. The van der Waals surface area contributed by atoms with Gasteiger partial charge in [-0.25, -0.2) is 14.2 Å². The number of hydrogen-bond acceptors (Lipinski definition) is 4. The number of imidazole rings is 1. The maximum Gasteiger partial charge on any atom is 0.356 e. The summed E-state index contributed by atoms with van der Waals surface area (Å²) in [7, 11) is 2.72. The van der Waals surface area contributed by atoms with Crippen molar-refractivity contribution in [2.45, 2.75) is 13.5 Å². The Morgan fingerprint density at radius 1 is 1.40 bits per heavy atom. The van der Waals surface area contributed by atoms with E-state index >= 15 is 0 Å². The van der Waals surface area contributed by atoms with Gasteiger partial charge in [0.1, 0.15) is 11.5 Å². The summed E-state index contributed by atoms with van der Waals surface area (Å²) in [6.07, 6.45) is 1.45. The highest BCUT2D eigenvalue weighted by Crippen LogP contribution is 2.19. The molecule has 0 aliphatic heterocycles. The predicted molar refractivity (Wildman–Crippen MR) is 70.4 cm³/mol. The van der Waals surface area contributed by atoms with Crippen molar-refractivity contribution in [1.82, 2.24) is 9.55 Å². The standard InChI is InChI=1S/C14H15FN2O3/c1-9-16-7-12(14(18)20-3)17(9)8-10-4-5-13(19-2)11(15)6-10/h4-7H,8H2,1-3H3. The summed E-state index contributed by atoms with van der Waals surface area (Å²) in [6, 6.07) is 4.66. The number of carbonyl (C=O) groups is 1. The lowest BCUT2D eigenvalue weighted by molar-refractivity contribution is 0.0588. The fourth-order valence-electron chi connectivity index (χ4n) is 1.93. The summed E-state index contributed by atoms with van der Waals surface area (Å²) in [5.74, 6) is -0.0760. The van der Waals surface area contributed by atoms with E-state index in [0.29, 0.717) is 23.6 Å². The van der Waals surface area contributed by atoms with Gasteiger partial charge in [0.2, 0.25) is 0 Å². The topological polar surface area (TPSA) is 53.3 Å². The van der Waals surface area contributed by atoms with Crippen molar-refractivity contribution in [3.05, 3.63) is 47.3 Å². The highest BCUT2D eigenvalue weighted by atomic mass is 19.1. The molecule has 0 spiro atoms. The minimum absolute atomic E-state index is 0.185. The minimum atomic E-state index is -0.473. The third-order valence-electron chi connectivity index (χ3n) is 3.01. The molecule has 20 heavy (non-hydrogen) atoms. The van der Waals surface area contributed by atoms with Gasteiger partial charge in [0.15, 0.2) is 11.6 Å². The van der Waals surface area contributed by atoms with E-state index in [1.807, 2.05) is 0 Å². The van der Waals surface area contributed by atoms with Crippen LogP contribution in [0.3, 0.4) is 0 Å². The van der Waals surface area contributed by atoms with Crippen LogP contribution in [0.5, 0.6) is 5.75 Å². The van der Waals surface area contributed by atoms with Crippen LogP contribution in [0, 0.1) is 12.7 Å². The first-order chi connectivity index (χ1) is 9.56. The molecule has 0 atom stereocenters. The molecule has 0 radical (unpaired) electrons. The Labute approximate surface area is 116 Å². The summed E-state index contributed by atoms with van der Waals surface area (Å²) in [4.78, 5) is 15.7. The fourth-order valence-corrected chi connectivity index (χ4v) is 1.93. The molecular formula is C14H15FN2O3. The summed E-state index contributed by atoms with van der Waals surface area (Å²) >= 11 is 0. The molecule has 2 aromatic rings. The summed E-state index contributed by atoms with van der Waals surface area (Å²) < 4.78 is 24.9. The van der Waals surface area contributed by atoms with Gasteiger partial charge in [0.05, 0.1) is 20.4 Å². The van der Waals surface area contributed by atoms with Crippen LogP contribution in [0.15, 0.2) is 24.4 Å². The van der Waals surface area contributed by atoms with Crippen molar-refractivity contribution in [1.29, 1.82) is 0 Å². The van der Waals surface area contributed by atoms with Gasteiger partial charge in [-0.2, -0.15) is 0 Å². The molecule has 0 fully saturated rings. The van der Waals surface area contributed by atoms with Gasteiger partial charge in [-0.05, 0) is 24.6 Å². The molecule has 0 saturated heterocycles. The van der Waals surface area contributed by atoms with Crippen LogP contribution in [0.25, 0.3) is 0 Å². The van der Waals surface area contributed by atoms with E-state index in [0.717, 1.165) is 0 Å². The second-order valence-corrected chi connectivity index (χ2v) is 4.24. The Morgan fingerprint density at radius 3 is 2.75 bits per heavy atom. The molecule has 0 N–H and O–H groups in total. The van der Waals surface area contributed by atoms with Crippen LogP contribution in [0.2, 0.25) is 0 Å². The number of rotatable bonds is 4. The first-order valence-corrected chi connectivity index (χ1v) is 5.99. The number of aromatic nitrogens is 2. The smallest absolute Gasteiger partial charge is 0.356 e. The van der Waals surface area contributed by atoms with Gasteiger partial charge >= 0.3 is 5.97 Å². The zero-order valence-corrected chi connectivity index (χ0v) is 11.5. The zero-order valence-electron chi connectivity index (χ0n) is 11.5. The monoisotopic (exact) mass is 278 g/mol. The van der Waals surface area contributed by atoms with Crippen LogP contribution < -0.4 is 4.74 Å². The third-order valence-corrected chi connectivity index (χ3v) is 3.01. The van der Waals surface area contributed by atoms with Gasteiger partial charge in [-0.3, -0.25) is 0 Å². The Bertz CT molecular complexity index is 637. The molecule has 0 amide bonds. The van der Waals surface area contributed by atoms with E-state index in [9.17, 15) is 9.18 Å². The third kappa shape index (κ3) is 2.64. The zero-order chi connectivity index (χ0) is 14.7. The molecule has 1 heterocycles. The van der Waals surface area contributed by atoms with Gasteiger partial charge < -0.3 is 14.0 Å². The van der Waals surface area contributed by atoms with E-state index in [2.05, 4.69) is 4.98 Å². The Morgan fingerprint density at radius 2 is 2.15 bits per heavy atom. The maximum atomic E-state index is 13.7. The summed E-state index contributed by atoms with van der Waals surface area (Å²) in [5.41, 5.74) is 1.04. The highest BCUT2D eigenvalue weighted by Gasteiger charge is 2.15. The van der Waals surface area contributed by atoms with Crippen molar-refractivity contribution in [2.24, 2.45) is 0 Å². The van der Waals surface area contributed by atoms with Gasteiger partial charge in [0, 0.05) is 6.54 Å². The SMILES string of the molecule is COC(=O)c1cnc(C)n1Cc1ccc(OC)c(F)c1. The molecule has 5 nitrogen and oxygen atoms in total. The molecule has 0 unspecified atom stereocenters. The van der Waals surface area contributed by atoms with Crippen molar-refractivity contribution in [3.63, 3.8) is 0 Å². The molecule has 106 valence electrons. The number of aryl methyl sites for hydroxylation is 1. The lowest BCUT2D eigenvalue weighted by Crippen LogP contribution is -2.12. The quantitative estimate of drug-likeness (QED) is 0.804. The molecule has 0 saturated carbocycles. The van der Waals surface area contributed by atoms with Gasteiger partial charge in [-0.1, -0.05) is 6.07 Å². The van der Waals surface area contributed by atoms with Crippen molar-refractivity contribution in [3.8, 4) is 5.75 Å². The van der Waals surface area contributed by atoms with Crippen LogP contribution in [0.4, 0.5) is 4.39 Å². The lowest BCUT2D eigenvalue weighted by Gasteiger charge is -2.10. The molecule has 6 heteroatoms. The number of nitrogens with zero attached hydrogens (tertiary/aromatic N) is 2. The maximum absolute atomic E-state index is 13.7. The molecule has 2 rings (SSSR count). The van der Waals surface area contributed by atoms with Gasteiger partial charge in [0.25, 0.3) is 0 Å². The van der Waals surface area contributed by atoms with Crippen LogP contribution in [-0.4, -0.2) is 29.7 Å². The van der Waals surface area contributed by atoms with Gasteiger partial charge in [-0.15, -0.1) is 0 Å². The molecule has 0 aliphatic carbocycles. The Kier molecular flexibility index (Phi) is 4.02. The van der Waals surface area contributed by atoms with Crippen LogP contribution >= 0.6 is 0 Å². The summed E-state index contributed by atoms with van der Waals surface area (Å²) in [6.45, 7) is 2.10.